The smallest absolute Gasteiger partial charge is 0.293 e. The first-order valence-electron chi connectivity index (χ1n) is 8.25. The molecule has 1 N–H and O–H groups in total. The number of hydrogen-bond donors (Lipinski definition) is 1. The zero-order valence-electron chi connectivity index (χ0n) is 13.9. The SMILES string of the molecule is Cc1ccc(C(=O)Nc2nc3ccc(CN4CCOCC4)cc3s2)o1. The lowest BCUT2D eigenvalue weighted by Gasteiger charge is -2.26. The van der Waals surface area contributed by atoms with E-state index in [4.69, 9.17) is 9.15 Å². The Morgan fingerprint density at radius 3 is 2.88 bits per heavy atom. The summed E-state index contributed by atoms with van der Waals surface area (Å²) in [4.78, 5) is 19.0. The van der Waals surface area contributed by atoms with Crippen molar-refractivity contribution < 1.29 is 13.9 Å². The second kappa shape index (κ2) is 6.95. The van der Waals surface area contributed by atoms with E-state index >= 15 is 0 Å². The molecule has 1 aromatic carbocycles. The Bertz CT molecular complexity index is 896. The monoisotopic (exact) mass is 357 g/mol. The van der Waals surface area contributed by atoms with E-state index in [2.05, 4.69) is 27.3 Å². The van der Waals surface area contributed by atoms with E-state index in [9.17, 15) is 4.79 Å². The molecule has 4 rings (SSSR count). The third kappa shape index (κ3) is 3.73. The molecule has 3 aromatic rings. The Morgan fingerprint density at radius 2 is 2.12 bits per heavy atom. The number of rotatable bonds is 4. The zero-order chi connectivity index (χ0) is 17.2. The van der Waals surface area contributed by atoms with Crippen LogP contribution in [0.3, 0.4) is 0 Å². The lowest BCUT2D eigenvalue weighted by atomic mass is 10.2. The largest absolute Gasteiger partial charge is 0.456 e. The molecule has 1 amide bonds. The molecule has 2 aromatic heterocycles. The van der Waals surface area contributed by atoms with E-state index in [1.165, 1.54) is 16.9 Å². The first-order chi connectivity index (χ1) is 12.2. The number of nitrogens with zero attached hydrogens (tertiary/aromatic N) is 2. The maximum Gasteiger partial charge on any atom is 0.293 e. The fourth-order valence-corrected chi connectivity index (χ4v) is 3.78. The molecule has 6 nitrogen and oxygen atoms in total. The van der Waals surface area contributed by atoms with Gasteiger partial charge in [0.15, 0.2) is 10.9 Å². The van der Waals surface area contributed by atoms with Crippen LogP contribution in [0.5, 0.6) is 0 Å². The zero-order valence-corrected chi connectivity index (χ0v) is 14.8. The predicted octanol–water partition coefficient (Wildman–Crippen LogP) is 3.28. The van der Waals surface area contributed by atoms with Crippen LogP contribution in [0.15, 0.2) is 34.7 Å². The quantitative estimate of drug-likeness (QED) is 0.776. The molecule has 0 spiro atoms. The van der Waals surface area contributed by atoms with Crippen LogP contribution in [0.2, 0.25) is 0 Å². The number of fused-ring (bicyclic) bond motifs is 1. The molecule has 25 heavy (non-hydrogen) atoms. The normalized spacial score (nSPS) is 15.6. The fourth-order valence-electron chi connectivity index (χ4n) is 2.85. The molecule has 1 saturated heterocycles. The highest BCUT2D eigenvalue weighted by Gasteiger charge is 2.14. The van der Waals surface area contributed by atoms with Crippen LogP contribution in [0.1, 0.15) is 21.9 Å². The van der Waals surface area contributed by atoms with Gasteiger partial charge in [-0.25, -0.2) is 4.98 Å². The predicted molar refractivity (Wildman–Crippen MR) is 97.1 cm³/mol. The number of furan rings is 1. The third-order valence-corrected chi connectivity index (χ3v) is 5.08. The Morgan fingerprint density at radius 1 is 1.28 bits per heavy atom. The molecule has 0 bridgehead atoms. The average molecular weight is 357 g/mol. The van der Waals surface area contributed by atoms with Gasteiger partial charge in [0, 0.05) is 19.6 Å². The Kier molecular flexibility index (Phi) is 4.52. The second-order valence-corrected chi connectivity index (χ2v) is 7.10. The Hall–Kier alpha value is -2.22. The van der Waals surface area contributed by atoms with Crippen LogP contribution >= 0.6 is 11.3 Å². The molecule has 0 radical (unpaired) electrons. The van der Waals surface area contributed by atoms with Crippen molar-refractivity contribution in [3.8, 4) is 0 Å². The van der Waals surface area contributed by atoms with Gasteiger partial charge in [-0.1, -0.05) is 17.4 Å². The van der Waals surface area contributed by atoms with Crippen molar-refractivity contribution in [1.82, 2.24) is 9.88 Å². The number of morpholine rings is 1. The van der Waals surface area contributed by atoms with Crippen LogP contribution in [-0.2, 0) is 11.3 Å². The first kappa shape index (κ1) is 16.3. The van der Waals surface area contributed by atoms with Gasteiger partial charge in [0.25, 0.3) is 5.91 Å². The number of hydrogen-bond acceptors (Lipinski definition) is 6. The number of amides is 1. The lowest BCUT2D eigenvalue weighted by Crippen LogP contribution is -2.35. The maximum absolute atomic E-state index is 12.2. The average Bonchev–Trinajstić information content (AvgIpc) is 3.21. The van der Waals surface area contributed by atoms with E-state index in [0.29, 0.717) is 16.7 Å². The number of aromatic nitrogens is 1. The maximum atomic E-state index is 12.2. The Labute approximate surface area is 149 Å². The first-order valence-corrected chi connectivity index (χ1v) is 9.06. The third-order valence-electron chi connectivity index (χ3n) is 4.15. The summed E-state index contributed by atoms with van der Waals surface area (Å²) in [6, 6.07) is 9.69. The van der Waals surface area contributed by atoms with Gasteiger partial charge in [-0.15, -0.1) is 0 Å². The van der Waals surface area contributed by atoms with Gasteiger partial charge < -0.3 is 9.15 Å². The summed E-state index contributed by atoms with van der Waals surface area (Å²) in [5.74, 6) is 0.729. The minimum atomic E-state index is -0.277. The van der Waals surface area contributed by atoms with Crippen LogP contribution < -0.4 is 5.32 Å². The van der Waals surface area contributed by atoms with Crippen LogP contribution in [0.4, 0.5) is 5.13 Å². The minimum absolute atomic E-state index is 0.277. The molecule has 0 atom stereocenters. The molecular weight excluding hydrogens is 338 g/mol. The van der Waals surface area contributed by atoms with Crippen molar-refractivity contribution in [2.45, 2.75) is 13.5 Å². The summed E-state index contributed by atoms with van der Waals surface area (Å²) in [6.07, 6.45) is 0. The number of carbonyl (C=O) groups is 1. The molecule has 0 saturated carbocycles. The second-order valence-electron chi connectivity index (χ2n) is 6.07. The fraction of sp³-hybridized carbons (Fsp3) is 0.333. The van der Waals surface area contributed by atoms with Crippen molar-refractivity contribution >= 4 is 32.6 Å². The number of thiazole rings is 1. The summed E-state index contributed by atoms with van der Waals surface area (Å²) < 4.78 is 11.8. The minimum Gasteiger partial charge on any atom is -0.456 e. The number of carbonyl (C=O) groups excluding carboxylic acids is 1. The summed E-state index contributed by atoms with van der Waals surface area (Å²) in [6.45, 7) is 6.24. The molecule has 1 fully saturated rings. The highest BCUT2D eigenvalue weighted by atomic mass is 32.1. The summed E-state index contributed by atoms with van der Waals surface area (Å²) in [5, 5.41) is 3.39. The van der Waals surface area contributed by atoms with Crippen molar-refractivity contribution in [2.24, 2.45) is 0 Å². The van der Waals surface area contributed by atoms with E-state index in [1.54, 1.807) is 12.1 Å². The summed E-state index contributed by atoms with van der Waals surface area (Å²) >= 11 is 1.48. The topological polar surface area (TPSA) is 67.6 Å². The van der Waals surface area contributed by atoms with Gasteiger partial charge in [0.05, 0.1) is 23.4 Å². The lowest BCUT2D eigenvalue weighted by molar-refractivity contribution is 0.0342. The standard InChI is InChI=1S/C18H19N3O3S/c1-12-2-5-15(24-12)17(22)20-18-19-14-4-3-13(10-16(14)25-18)11-21-6-8-23-9-7-21/h2-5,10H,6-9,11H2,1H3,(H,19,20,22). The highest BCUT2D eigenvalue weighted by Crippen LogP contribution is 2.27. The van der Waals surface area contributed by atoms with Gasteiger partial charge in [-0.3, -0.25) is 15.0 Å². The molecule has 130 valence electrons. The van der Waals surface area contributed by atoms with Gasteiger partial charge >= 0.3 is 0 Å². The molecular formula is C18H19N3O3S. The number of ether oxygens (including phenoxy) is 1. The summed E-state index contributed by atoms with van der Waals surface area (Å²) in [7, 11) is 0. The van der Waals surface area contributed by atoms with Crippen LogP contribution in [-0.4, -0.2) is 42.1 Å². The molecule has 1 aliphatic rings. The van der Waals surface area contributed by atoms with Gasteiger partial charge in [-0.05, 0) is 36.8 Å². The Balaban J connectivity index is 1.48. The van der Waals surface area contributed by atoms with Gasteiger partial charge in [-0.2, -0.15) is 0 Å². The van der Waals surface area contributed by atoms with Gasteiger partial charge in [0.2, 0.25) is 0 Å². The molecule has 0 unspecified atom stereocenters. The van der Waals surface area contributed by atoms with Crippen LogP contribution in [0.25, 0.3) is 10.2 Å². The van der Waals surface area contributed by atoms with Gasteiger partial charge in [0.1, 0.15) is 5.76 Å². The number of benzene rings is 1. The van der Waals surface area contributed by atoms with Crippen LogP contribution in [0, 0.1) is 6.92 Å². The molecule has 3 heterocycles. The van der Waals surface area contributed by atoms with Crippen molar-refractivity contribution in [3.63, 3.8) is 0 Å². The number of nitrogens with one attached hydrogen (secondary N) is 1. The van der Waals surface area contributed by atoms with E-state index < -0.39 is 0 Å². The number of anilines is 1. The molecule has 0 aliphatic carbocycles. The van der Waals surface area contributed by atoms with Crippen molar-refractivity contribution in [2.75, 3.05) is 31.6 Å². The summed E-state index contributed by atoms with van der Waals surface area (Å²) in [5.41, 5.74) is 2.14. The highest BCUT2D eigenvalue weighted by molar-refractivity contribution is 7.22. The van der Waals surface area contributed by atoms with Crippen molar-refractivity contribution in [3.05, 3.63) is 47.4 Å². The van der Waals surface area contributed by atoms with E-state index in [1.807, 2.05) is 13.0 Å². The van der Waals surface area contributed by atoms with Crippen molar-refractivity contribution in [1.29, 1.82) is 0 Å². The number of aryl methyl sites for hydroxylation is 1. The molecule has 7 heteroatoms. The molecule has 1 aliphatic heterocycles. The van der Waals surface area contributed by atoms with E-state index in [0.717, 1.165) is 43.1 Å². The van der Waals surface area contributed by atoms with E-state index in [-0.39, 0.29) is 5.91 Å².